The maximum atomic E-state index is 14.2. The highest BCUT2D eigenvalue weighted by atomic mass is 19.1. The van der Waals surface area contributed by atoms with Crippen LogP contribution in [-0.2, 0) is 11.3 Å². The summed E-state index contributed by atoms with van der Waals surface area (Å²) in [6.45, 7) is 5.54. The van der Waals surface area contributed by atoms with Gasteiger partial charge in [-0.25, -0.2) is 13.6 Å². The van der Waals surface area contributed by atoms with E-state index in [2.05, 4.69) is 10.6 Å². The summed E-state index contributed by atoms with van der Waals surface area (Å²) in [4.78, 5) is 23.6. The normalized spacial score (nSPS) is 10.9. The van der Waals surface area contributed by atoms with Gasteiger partial charge in [0, 0.05) is 18.7 Å². The van der Waals surface area contributed by atoms with Crippen LogP contribution in [0.15, 0.2) is 42.5 Å². The van der Waals surface area contributed by atoms with Crippen LogP contribution in [0.2, 0.25) is 0 Å². The van der Waals surface area contributed by atoms with Gasteiger partial charge in [-0.1, -0.05) is 12.1 Å². The maximum Gasteiger partial charge on any atom is 0.407 e. The number of carbonyl (C=O) groups is 2. The van der Waals surface area contributed by atoms with E-state index in [0.717, 1.165) is 6.07 Å². The number of halogens is 2. The number of hydrogen-bond donors (Lipinski definition) is 2. The summed E-state index contributed by atoms with van der Waals surface area (Å²) < 4.78 is 37.8. The first-order valence-electron chi connectivity index (χ1n) is 9.06. The summed E-state index contributed by atoms with van der Waals surface area (Å²) in [5, 5.41) is 5.08. The Morgan fingerprint density at radius 3 is 2.38 bits per heavy atom. The first kappa shape index (κ1) is 22.1. The number of benzene rings is 2. The van der Waals surface area contributed by atoms with E-state index in [1.165, 1.54) is 30.3 Å². The van der Waals surface area contributed by atoms with Crippen LogP contribution in [0, 0.1) is 11.6 Å². The van der Waals surface area contributed by atoms with Crippen LogP contribution in [0.1, 0.15) is 36.7 Å². The Hall–Kier alpha value is -3.16. The van der Waals surface area contributed by atoms with Gasteiger partial charge in [0.15, 0.2) is 11.6 Å². The third kappa shape index (κ3) is 7.77. The maximum absolute atomic E-state index is 14.2. The first-order valence-corrected chi connectivity index (χ1v) is 9.06. The molecular formula is C21H24F2N2O4. The predicted molar refractivity (Wildman–Crippen MR) is 104 cm³/mol. The third-order valence-corrected chi connectivity index (χ3v) is 3.56. The number of hydrogen-bond acceptors (Lipinski definition) is 4. The molecule has 29 heavy (non-hydrogen) atoms. The minimum Gasteiger partial charge on any atom is -0.486 e. The van der Waals surface area contributed by atoms with Crippen LogP contribution in [-0.4, -0.2) is 30.7 Å². The Balaban J connectivity index is 1.81. The molecule has 0 unspecified atom stereocenters. The average molecular weight is 406 g/mol. The van der Waals surface area contributed by atoms with Crippen LogP contribution < -0.4 is 15.4 Å². The van der Waals surface area contributed by atoms with Crippen LogP contribution in [0.5, 0.6) is 5.75 Å². The highest BCUT2D eigenvalue weighted by molar-refractivity contribution is 5.94. The summed E-state index contributed by atoms with van der Waals surface area (Å²) in [5.74, 6) is -1.65. The van der Waals surface area contributed by atoms with Crippen LogP contribution >= 0.6 is 0 Å². The lowest BCUT2D eigenvalue weighted by Crippen LogP contribution is -2.37. The molecular weight excluding hydrogens is 382 g/mol. The Labute approximate surface area is 168 Å². The van der Waals surface area contributed by atoms with Crippen molar-refractivity contribution in [2.24, 2.45) is 0 Å². The third-order valence-electron chi connectivity index (χ3n) is 3.56. The predicted octanol–water partition coefficient (Wildman–Crippen LogP) is 3.80. The molecule has 0 saturated carbocycles. The van der Waals surface area contributed by atoms with E-state index in [0.29, 0.717) is 5.56 Å². The molecule has 0 aliphatic rings. The van der Waals surface area contributed by atoms with E-state index in [1.807, 2.05) is 0 Å². The molecule has 2 N–H and O–H groups in total. The SMILES string of the molecule is CC(C)(C)OC(=O)NCCNC(=O)c1ccc(OCc2cccc(F)c2)c(F)c1. The van der Waals surface area contributed by atoms with Gasteiger partial charge in [-0.15, -0.1) is 0 Å². The summed E-state index contributed by atoms with van der Waals surface area (Å²) in [6.07, 6.45) is -0.586. The zero-order valence-corrected chi connectivity index (χ0v) is 16.6. The van der Waals surface area contributed by atoms with E-state index >= 15 is 0 Å². The zero-order valence-electron chi connectivity index (χ0n) is 16.6. The molecule has 0 aliphatic heterocycles. The van der Waals surface area contributed by atoms with Gasteiger partial charge in [0.05, 0.1) is 0 Å². The van der Waals surface area contributed by atoms with Crippen molar-refractivity contribution in [1.82, 2.24) is 10.6 Å². The fourth-order valence-electron chi connectivity index (χ4n) is 2.30. The minimum atomic E-state index is -0.707. The summed E-state index contributed by atoms with van der Waals surface area (Å²) in [5.41, 5.74) is 0.0603. The Morgan fingerprint density at radius 2 is 1.72 bits per heavy atom. The molecule has 0 heterocycles. The molecule has 0 spiro atoms. The van der Waals surface area contributed by atoms with Gasteiger partial charge in [-0.05, 0) is 56.7 Å². The number of carbonyl (C=O) groups excluding carboxylic acids is 2. The zero-order chi connectivity index (χ0) is 21.4. The molecule has 0 aliphatic carbocycles. The van der Waals surface area contributed by atoms with Crippen molar-refractivity contribution in [3.8, 4) is 5.75 Å². The van der Waals surface area contributed by atoms with Crippen molar-refractivity contribution in [2.75, 3.05) is 13.1 Å². The Kier molecular flexibility index (Phi) is 7.52. The van der Waals surface area contributed by atoms with Crippen molar-refractivity contribution in [3.63, 3.8) is 0 Å². The Bertz CT molecular complexity index is 866. The van der Waals surface area contributed by atoms with E-state index in [1.54, 1.807) is 26.8 Å². The monoisotopic (exact) mass is 406 g/mol. The van der Waals surface area contributed by atoms with Gasteiger partial charge < -0.3 is 20.1 Å². The summed E-state index contributed by atoms with van der Waals surface area (Å²) >= 11 is 0. The molecule has 2 aromatic rings. The number of ether oxygens (including phenoxy) is 2. The van der Waals surface area contributed by atoms with E-state index in [-0.39, 0.29) is 31.0 Å². The van der Waals surface area contributed by atoms with Crippen LogP contribution in [0.3, 0.4) is 0 Å². The average Bonchev–Trinajstić information content (AvgIpc) is 2.62. The second kappa shape index (κ2) is 9.86. The highest BCUT2D eigenvalue weighted by Gasteiger charge is 2.16. The highest BCUT2D eigenvalue weighted by Crippen LogP contribution is 2.20. The van der Waals surface area contributed by atoms with Gasteiger partial charge >= 0.3 is 6.09 Å². The standard InChI is InChI=1S/C21H24F2N2O4/c1-21(2,3)29-20(27)25-10-9-24-19(26)15-7-8-18(17(23)12-15)28-13-14-5-4-6-16(22)11-14/h4-8,11-12H,9-10,13H2,1-3H3,(H,24,26)(H,25,27). The molecule has 0 fully saturated rings. The van der Waals surface area contributed by atoms with Crippen molar-refractivity contribution >= 4 is 12.0 Å². The second-order valence-electron chi connectivity index (χ2n) is 7.25. The van der Waals surface area contributed by atoms with Crippen molar-refractivity contribution < 1.29 is 27.8 Å². The second-order valence-corrected chi connectivity index (χ2v) is 7.25. The smallest absolute Gasteiger partial charge is 0.407 e. The van der Waals surface area contributed by atoms with Gasteiger partial charge in [-0.3, -0.25) is 4.79 Å². The molecule has 0 radical (unpaired) electrons. The van der Waals surface area contributed by atoms with Crippen molar-refractivity contribution in [1.29, 1.82) is 0 Å². The van der Waals surface area contributed by atoms with Crippen LogP contribution in [0.4, 0.5) is 13.6 Å². The van der Waals surface area contributed by atoms with E-state index in [4.69, 9.17) is 9.47 Å². The van der Waals surface area contributed by atoms with Crippen molar-refractivity contribution in [3.05, 3.63) is 65.2 Å². The lowest BCUT2D eigenvalue weighted by Gasteiger charge is -2.19. The fraction of sp³-hybridized carbons (Fsp3) is 0.333. The lowest BCUT2D eigenvalue weighted by atomic mass is 10.2. The van der Waals surface area contributed by atoms with Gasteiger partial charge in [-0.2, -0.15) is 0 Å². The molecule has 0 saturated heterocycles. The van der Waals surface area contributed by atoms with Gasteiger partial charge in [0.25, 0.3) is 5.91 Å². The molecule has 0 aromatic heterocycles. The van der Waals surface area contributed by atoms with Crippen molar-refractivity contribution in [2.45, 2.75) is 33.0 Å². The summed E-state index contributed by atoms with van der Waals surface area (Å²) in [6, 6.07) is 9.61. The van der Waals surface area contributed by atoms with Gasteiger partial charge in [0.2, 0.25) is 0 Å². The summed E-state index contributed by atoms with van der Waals surface area (Å²) in [7, 11) is 0. The van der Waals surface area contributed by atoms with Crippen LogP contribution in [0.25, 0.3) is 0 Å². The fourth-order valence-corrected chi connectivity index (χ4v) is 2.30. The van der Waals surface area contributed by atoms with E-state index in [9.17, 15) is 18.4 Å². The molecule has 2 rings (SSSR count). The topological polar surface area (TPSA) is 76.7 Å². The molecule has 156 valence electrons. The number of alkyl carbamates (subject to hydrolysis) is 1. The Morgan fingerprint density at radius 1 is 1.00 bits per heavy atom. The largest absolute Gasteiger partial charge is 0.486 e. The minimum absolute atomic E-state index is 0.00341. The lowest BCUT2D eigenvalue weighted by molar-refractivity contribution is 0.0526. The molecule has 0 bridgehead atoms. The number of rotatable bonds is 7. The quantitative estimate of drug-likeness (QED) is 0.686. The van der Waals surface area contributed by atoms with E-state index < -0.39 is 29.2 Å². The molecule has 8 heteroatoms. The molecule has 0 atom stereocenters. The number of nitrogens with one attached hydrogen (secondary N) is 2. The number of amides is 2. The first-order chi connectivity index (χ1) is 13.6. The molecule has 6 nitrogen and oxygen atoms in total. The molecule has 2 amide bonds. The molecule has 2 aromatic carbocycles. The van der Waals surface area contributed by atoms with Gasteiger partial charge in [0.1, 0.15) is 18.0 Å².